The number of benzene rings is 1. The molecule has 0 aliphatic heterocycles. The number of hydrogen-bond acceptors (Lipinski definition) is 4. The summed E-state index contributed by atoms with van der Waals surface area (Å²) in [6, 6.07) is 7.45. The lowest BCUT2D eigenvalue weighted by Gasteiger charge is -2.14. The van der Waals surface area contributed by atoms with Gasteiger partial charge in [0.2, 0.25) is 0 Å². The third-order valence-corrected chi connectivity index (χ3v) is 4.03. The standard InChI is InChI=1S/C14H15BrN2OS/c1-10-16-13(9-19-10)7-17(2)8-14(18)11-3-5-12(15)6-4-11/h3-6,9H,7-8H2,1-2H3. The average molecular weight is 339 g/mol. The van der Waals surface area contributed by atoms with Crippen LogP contribution in [0.3, 0.4) is 0 Å². The van der Waals surface area contributed by atoms with E-state index < -0.39 is 0 Å². The lowest BCUT2D eigenvalue weighted by molar-refractivity contribution is 0.0942. The highest BCUT2D eigenvalue weighted by Crippen LogP contribution is 2.12. The molecule has 100 valence electrons. The van der Waals surface area contributed by atoms with E-state index in [0.717, 1.165) is 20.7 Å². The van der Waals surface area contributed by atoms with Crippen molar-refractivity contribution in [2.24, 2.45) is 0 Å². The molecule has 0 bridgehead atoms. The first-order chi connectivity index (χ1) is 9.04. The molecule has 0 N–H and O–H groups in total. The topological polar surface area (TPSA) is 33.2 Å². The summed E-state index contributed by atoms with van der Waals surface area (Å²) in [5, 5.41) is 3.10. The van der Waals surface area contributed by atoms with Crippen LogP contribution in [0.2, 0.25) is 0 Å². The van der Waals surface area contributed by atoms with Crippen molar-refractivity contribution in [1.29, 1.82) is 0 Å². The smallest absolute Gasteiger partial charge is 0.176 e. The van der Waals surface area contributed by atoms with Gasteiger partial charge in [0.1, 0.15) is 0 Å². The van der Waals surface area contributed by atoms with E-state index in [9.17, 15) is 4.79 Å². The van der Waals surface area contributed by atoms with Crippen LogP contribution < -0.4 is 0 Å². The second-order valence-corrected chi connectivity index (χ2v) is 6.44. The van der Waals surface area contributed by atoms with Crippen LogP contribution in [0.1, 0.15) is 21.1 Å². The molecule has 3 nitrogen and oxygen atoms in total. The van der Waals surface area contributed by atoms with Crippen LogP contribution in [0.4, 0.5) is 0 Å². The van der Waals surface area contributed by atoms with E-state index in [1.165, 1.54) is 0 Å². The molecule has 0 unspecified atom stereocenters. The van der Waals surface area contributed by atoms with Gasteiger partial charge < -0.3 is 0 Å². The Hall–Kier alpha value is -1.04. The molecule has 0 spiro atoms. The molecule has 0 saturated carbocycles. The first kappa shape index (κ1) is 14.4. The van der Waals surface area contributed by atoms with Gasteiger partial charge in [-0.1, -0.05) is 28.1 Å². The number of nitrogens with zero attached hydrogens (tertiary/aromatic N) is 2. The Morgan fingerprint density at radius 1 is 1.37 bits per heavy atom. The molecule has 19 heavy (non-hydrogen) atoms. The highest BCUT2D eigenvalue weighted by molar-refractivity contribution is 9.10. The Bertz CT molecular complexity index is 565. The van der Waals surface area contributed by atoms with E-state index in [1.807, 2.05) is 48.5 Å². The van der Waals surface area contributed by atoms with Gasteiger partial charge in [0.25, 0.3) is 0 Å². The fraction of sp³-hybridized carbons (Fsp3) is 0.286. The zero-order chi connectivity index (χ0) is 13.8. The number of likely N-dealkylation sites (N-methyl/N-ethyl adjacent to an activating group) is 1. The third-order valence-electron chi connectivity index (χ3n) is 2.68. The minimum Gasteiger partial charge on any atom is -0.293 e. The van der Waals surface area contributed by atoms with E-state index in [0.29, 0.717) is 13.1 Å². The predicted molar refractivity (Wildman–Crippen MR) is 81.7 cm³/mol. The van der Waals surface area contributed by atoms with Crippen LogP contribution in [0.5, 0.6) is 0 Å². The molecule has 0 aliphatic carbocycles. The molecule has 1 aromatic carbocycles. The van der Waals surface area contributed by atoms with Crippen molar-refractivity contribution in [2.45, 2.75) is 13.5 Å². The van der Waals surface area contributed by atoms with Crippen molar-refractivity contribution in [3.8, 4) is 0 Å². The number of carbonyl (C=O) groups is 1. The summed E-state index contributed by atoms with van der Waals surface area (Å²) in [4.78, 5) is 18.5. The molecule has 0 atom stereocenters. The summed E-state index contributed by atoms with van der Waals surface area (Å²) in [5.74, 6) is 0.127. The molecule has 0 aliphatic rings. The summed E-state index contributed by atoms with van der Waals surface area (Å²) in [5.41, 5.74) is 1.76. The average Bonchev–Trinajstić information content (AvgIpc) is 2.75. The number of thiazole rings is 1. The van der Waals surface area contributed by atoms with E-state index in [4.69, 9.17) is 0 Å². The molecule has 1 heterocycles. The first-order valence-electron chi connectivity index (χ1n) is 5.93. The monoisotopic (exact) mass is 338 g/mol. The second kappa shape index (κ2) is 6.41. The second-order valence-electron chi connectivity index (χ2n) is 4.46. The summed E-state index contributed by atoms with van der Waals surface area (Å²) >= 11 is 5.00. The summed E-state index contributed by atoms with van der Waals surface area (Å²) in [6.45, 7) is 3.09. The Labute approximate surface area is 125 Å². The fourth-order valence-electron chi connectivity index (χ4n) is 1.79. The number of aromatic nitrogens is 1. The van der Waals surface area contributed by atoms with E-state index in [-0.39, 0.29) is 5.78 Å². The molecule has 2 aromatic rings. The van der Waals surface area contributed by atoms with Crippen LogP contribution in [0, 0.1) is 6.92 Å². The molecule has 5 heteroatoms. The van der Waals surface area contributed by atoms with Gasteiger partial charge in [-0.2, -0.15) is 0 Å². The number of aryl methyl sites for hydroxylation is 1. The number of rotatable bonds is 5. The van der Waals surface area contributed by atoms with Crippen LogP contribution in [-0.2, 0) is 6.54 Å². The van der Waals surface area contributed by atoms with Gasteiger partial charge in [0, 0.05) is 22.0 Å². The van der Waals surface area contributed by atoms with Crippen molar-refractivity contribution in [3.05, 3.63) is 50.4 Å². The number of Topliss-reactive ketones (excluding diaryl/α,β-unsaturated/α-hetero) is 1. The number of halogens is 1. The van der Waals surface area contributed by atoms with Crippen LogP contribution in [0.25, 0.3) is 0 Å². The Morgan fingerprint density at radius 3 is 2.63 bits per heavy atom. The fourth-order valence-corrected chi connectivity index (χ4v) is 2.65. The minimum atomic E-state index is 0.127. The Morgan fingerprint density at radius 2 is 2.05 bits per heavy atom. The number of carbonyl (C=O) groups excluding carboxylic acids is 1. The largest absolute Gasteiger partial charge is 0.293 e. The number of hydrogen-bond donors (Lipinski definition) is 0. The molecule has 1 aromatic heterocycles. The van der Waals surface area contributed by atoms with E-state index >= 15 is 0 Å². The maximum atomic E-state index is 12.1. The van der Waals surface area contributed by atoms with Crippen molar-refractivity contribution < 1.29 is 4.79 Å². The Kier molecular flexibility index (Phi) is 4.85. The predicted octanol–water partition coefficient (Wildman–Crippen LogP) is 3.53. The molecular formula is C14H15BrN2OS. The van der Waals surface area contributed by atoms with Gasteiger partial charge in [-0.25, -0.2) is 4.98 Å². The van der Waals surface area contributed by atoms with Crippen molar-refractivity contribution >= 4 is 33.0 Å². The highest BCUT2D eigenvalue weighted by atomic mass is 79.9. The zero-order valence-corrected chi connectivity index (χ0v) is 13.3. The molecule has 0 amide bonds. The lowest BCUT2D eigenvalue weighted by Crippen LogP contribution is -2.25. The molecule has 2 rings (SSSR count). The van der Waals surface area contributed by atoms with Gasteiger partial charge >= 0.3 is 0 Å². The van der Waals surface area contributed by atoms with Crippen molar-refractivity contribution in [1.82, 2.24) is 9.88 Å². The van der Waals surface area contributed by atoms with E-state index in [2.05, 4.69) is 20.9 Å². The SMILES string of the molecule is Cc1nc(CN(C)CC(=O)c2ccc(Br)cc2)cs1. The maximum absolute atomic E-state index is 12.1. The van der Waals surface area contributed by atoms with Crippen LogP contribution in [0.15, 0.2) is 34.1 Å². The third kappa shape index (κ3) is 4.23. The first-order valence-corrected chi connectivity index (χ1v) is 7.60. The van der Waals surface area contributed by atoms with Crippen molar-refractivity contribution in [2.75, 3.05) is 13.6 Å². The van der Waals surface area contributed by atoms with Gasteiger partial charge in [0.15, 0.2) is 5.78 Å². The minimum absolute atomic E-state index is 0.127. The lowest BCUT2D eigenvalue weighted by atomic mass is 10.1. The Balaban J connectivity index is 1.93. The molecule has 0 saturated heterocycles. The van der Waals surface area contributed by atoms with Crippen LogP contribution >= 0.6 is 27.3 Å². The van der Waals surface area contributed by atoms with E-state index in [1.54, 1.807) is 11.3 Å². The van der Waals surface area contributed by atoms with Gasteiger partial charge in [-0.15, -0.1) is 11.3 Å². The van der Waals surface area contributed by atoms with Crippen LogP contribution in [-0.4, -0.2) is 29.3 Å². The zero-order valence-electron chi connectivity index (χ0n) is 10.9. The summed E-state index contributed by atoms with van der Waals surface area (Å²) in [6.07, 6.45) is 0. The van der Waals surface area contributed by atoms with Crippen molar-refractivity contribution in [3.63, 3.8) is 0 Å². The quantitative estimate of drug-likeness (QED) is 0.782. The normalized spacial score (nSPS) is 10.9. The van der Waals surface area contributed by atoms with Gasteiger partial charge in [0.05, 0.1) is 17.2 Å². The molecule has 0 fully saturated rings. The van der Waals surface area contributed by atoms with Gasteiger partial charge in [-0.3, -0.25) is 9.69 Å². The van der Waals surface area contributed by atoms with Gasteiger partial charge in [-0.05, 0) is 26.1 Å². The number of ketones is 1. The maximum Gasteiger partial charge on any atom is 0.176 e. The molecular weight excluding hydrogens is 324 g/mol. The molecule has 0 radical (unpaired) electrons. The summed E-state index contributed by atoms with van der Waals surface area (Å²) < 4.78 is 0.982. The highest BCUT2D eigenvalue weighted by Gasteiger charge is 2.10. The summed E-state index contributed by atoms with van der Waals surface area (Å²) in [7, 11) is 1.94.